The number of quaternary nitrogens is 1. The summed E-state index contributed by atoms with van der Waals surface area (Å²) < 4.78 is 33.6. The molecule has 0 bridgehead atoms. The number of hydrogen-bond acceptors (Lipinski definition) is 8. The fourth-order valence-electron chi connectivity index (χ4n) is 4.47. The van der Waals surface area contributed by atoms with E-state index in [4.69, 9.17) is 18.5 Å². The molecule has 0 saturated carbocycles. The van der Waals surface area contributed by atoms with E-state index in [1.807, 2.05) is 33.3 Å². The number of allylic oxidation sites excluding steroid dienone is 6. The Bertz CT molecular complexity index is 912. The highest BCUT2D eigenvalue weighted by Crippen LogP contribution is 2.38. The second-order valence-corrected chi connectivity index (χ2v) is 14.2. The monoisotopic (exact) mass is 669 g/mol. The molecular formula is C36H64NO8P. The average Bonchev–Trinajstić information content (AvgIpc) is 2.99. The van der Waals surface area contributed by atoms with Gasteiger partial charge in [0.2, 0.25) is 0 Å². The van der Waals surface area contributed by atoms with Gasteiger partial charge in [0.05, 0.1) is 27.7 Å². The van der Waals surface area contributed by atoms with Crippen LogP contribution in [-0.2, 0) is 32.7 Å². The summed E-state index contributed by atoms with van der Waals surface area (Å²) in [5.41, 5.74) is 0. The summed E-state index contributed by atoms with van der Waals surface area (Å²) in [6.07, 6.45) is 28.0. The Balaban J connectivity index is 4.49. The zero-order valence-corrected chi connectivity index (χ0v) is 30.1. The van der Waals surface area contributed by atoms with Crippen molar-refractivity contribution in [1.82, 2.24) is 0 Å². The summed E-state index contributed by atoms with van der Waals surface area (Å²) in [6, 6.07) is 0. The fourth-order valence-corrected chi connectivity index (χ4v) is 5.20. The Labute approximate surface area is 280 Å². The van der Waals surface area contributed by atoms with E-state index < -0.39 is 32.5 Å². The number of ether oxygens (including phenoxy) is 2. The highest BCUT2D eigenvalue weighted by molar-refractivity contribution is 7.45. The van der Waals surface area contributed by atoms with Gasteiger partial charge in [-0.1, -0.05) is 114 Å². The molecule has 0 aliphatic rings. The molecule has 0 radical (unpaired) electrons. The molecule has 0 aromatic rings. The third-order valence-electron chi connectivity index (χ3n) is 7.21. The quantitative estimate of drug-likeness (QED) is 0.0232. The van der Waals surface area contributed by atoms with Crippen molar-refractivity contribution in [3.8, 4) is 0 Å². The van der Waals surface area contributed by atoms with Crippen LogP contribution in [0.15, 0.2) is 49.6 Å². The molecule has 266 valence electrons. The second kappa shape index (κ2) is 29.1. The molecule has 0 aliphatic carbocycles. The molecule has 0 aromatic carbocycles. The van der Waals surface area contributed by atoms with E-state index in [-0.39, 0.29) is 26.1 Å². The number of nitrogens with zero attached hydrogens (tertiary/aromatic N) is 1. The van der Waals surface area contributed by atoms with Crippen molar-refractivity contribution < 1.29 is 42.1 Å². The van der Waals surface area contributed by atoms with Gasteiger partial charge in [-0.3, -0.25) is 14.2 Å². The zero-order valence-electron chi connectivity index (χ0n) is 29.2. The molecule has 0 N–H and O–H groups in total. The van der Waals surface area contributed by atoms with Crippen LogP contribution in [0.25, 0.3) is 0 Å². The normalized spacial score (nSPS) is 13.9. The molecular weight excluding hydrogens is 605 g/mol. The van der Waals surface area contributed by atoms with Gasteiger partial charge in [0.15, 0.2) is 6.10 Å². The van der Waals surface area contributed by atoms with Gasteiger partial charge in [-0.15, -0.1) is 0 Å². The molecule has 0 fully saturated rings. The SMILES string of the molecule is C=C/C=C/CCCCCCCCCC(=O)OC[C@H](COP(=O)([O-])OCC[N+](C)(C)C)OC(=O)CCCCCCCCC/C=C/C=C. The molecule has 9 nitrogen and oxygen atoms in total. The Morgan fingerprint density at radius 1 is 0.696 bits per heavy atom. The molecule has 0 rings (SSSR count). The van der Waals surface area contributed by atoms with Crippen LogP contribution >= 0.6 is 7.82 Å². The lowest BCUT2D eigenvalue weighted by atomic mass is 10.1. The second-order valence-electron chi connectivity index (χ2n) is 12.7. The highest BCUT2D eigenvalue weighted by atomic mass is 31.2. The van der Waals surface area contributed by atoms with Gasteiger partial charge < -0.3 is 27.9 Å². The molecule has 10 heteroatoms. The summed E-state index contributed by atoms with van der Waals surface area (Å²) in [5, 5.41) is 0. The van der Waals surface area contributed by atoms with Crippen LogP contribution in [0.1, 0.15) is 116 Å². The van der Waals surface area contributed by atoms with Crippen molar-refractivity contribution in [3.05, 3.63) is 49.6 Å². The predicted octanol–water partition coefficient (Wildman–Crippen LogP) is 8.16. The smallest absolute Gasteiger partial charge is 0.306 e. The summed E-state index contributed by atoms with van der Waals surface area (Å²) in [5.74, 6) is -0.877. The first-order valence-corrected chi connectivity index (χ1v) is 18.8. The van der Waals surface area contributed by atoms with Crippen LogP contribution in [0, 0.1) is 0 Å². The first kappa shape index (κ1) is 44.0. The van der Waals surface area contributed by atoms with Crippen molar-refractivity contribution in [2.75, 3.05) is 47.5 Å². The Morgan fingerprint density at radius 3 is 1.63 bits per heavy atom. The van der Waals surface area contributed by atoms with Crippen LogP contribution in [-0.4, -0.2) is 70.0 Å². The van der Waals surface area contributed by atoms with Gasteiger partial charge in [-0.2, -0.15) is 0 Å². The lowest BCUT2D eigenvalue weighted by molar-refractivity contribution is -0.870. The first-order chi connectivity index (χ1) is 22.0. The highest BCUT2D eigenvalue weighted by Gasteiger charge is 2.21. The van der Waals surface area contributed by atoms with Gasteiger partial charge in [0.25, 0.3) is 7.82 Å². The number of carbonyl (C=O) groups excluding carboxylic acids is 2. The van der Waals surface area contributed by atoms with Crippen molar-refractivity contribution >= 4 is 19.8 Å². The number of carbonyl (C=O) groups is 2. The van der Waals surface area contributed by atoms with E-state index in [2.05, 4.69) is 25.3 Å². The van der Waals surface area contributed by atoms with E-state index in [0.717, 1.165) is 64.2 Å². The third-order valence-corrected chi connectivity index (χ3v) is 8.17. The molecule has 1 unspecified atom stereocenters. The number of phosphoric acid groups is 1. The van der Waals surface area contributed by atoms with Gasteiger partial charge in [-0.05, 0) is 38.5 Å². The summed E-state index contributed by atoms with van der Waals surface area (Å²) in [7, 11) is 1.13. The standard InChI is InChI=1S/C36H64NO8P/c1-6-8-10-12-14-16-18-20-22-24-26-28-35(38)42-32-34(33-44-46(40,41)43-31-30-37(3,4)5)45-36(39)29-27-25-23-21-19-17-15-13-11-9-7-2/h6-11,34H,1-2,12-33H2,3-5H3/b10-8+,11-9+/t34-/m1/s1. The third kappa shape index (κ3) is 31.9. The number of hydrogen-bond donors (Lipinski definition) is 0. The van der Waals surface area contributed by atoms with E-state index in [9.17, 15) is 19.0 Å². The number of rotatable bonds is 32. The van der Waals surface area contributed by atoms with Crippen LogP contribution in [0.5, 0.6) is 0 Å². The molecule has 2 atom stereocenters. The minimum Gasteiger partial charge on any atom is -0.756 e. The Morgan fingerprint density at radius 2 is 1.15 bits per heavy atom. The van der Waals surface area contributed by atoms with Crippen molar-refractivity contribution in [2.45, 2.75) is 122 Å². The topological polar surface area (TPSA) is 111 Å². The minimum atomic E-state index is -4.62. The van der Waals surface area contributed by atoms with Crippen LogP contribution in [0.3, 0.4) is 0 Å². The molecule has 0 aromatic heterocycles. The summed E-state index contributed by atoms with van der Waals surface area (Å²) in [6.45, 7) is 7.01. The Hall–Kier alpha value is -2.03. The van der Waals surface area contributed by atoms with E-state index in [0.29, 0.717) is 23.9 Å². The van der Waals surface area contributed by atoms with Gasteiger partial charge in [0, 0.05) is 12.8 Å². The fraction of sp³-hybridized carbons (Fsp3) is 0.722. The van der Waals surface area contributed by atoms with Crippen molar-refractivity contribution in [1.29, 1.82) is 0 Å². The summed E-state index contributed by atoms with van der Waals surface area (Å²) >= 11 is 0. The van der Waals surface area contributed by atoms with Crippen LogP contribution in [0.4, 0.5) is 0 Å². The lowest BCUT2D eigenvalue weighted by Gasteiger charge is -2.28. The van der Waals surface area contributed by atoms with Gasteiger partial charge >= 0.3 is 11.9 Å². The Kier molecular flexibility index (Phi) is 27.8. The maximum Gasteiger partial charge on any atom is 0.306 e. The van der Waals surface area contributed by atoms with E-state index in [1.54, 1.807) is 12.2 Å². The average molecular weight is 670 g/mol. The number of unbranched alkanes of at least 4 members (excludes halogenated alkanes) is 14. The minimum absolute atomic E-state index is 0.0385. The van der Waals surface area contributed by atoms with Crippen LogP contribution in [0.2, 0.25) is 0 Å². The van der Waals surface area contributed by atoms with Gasteiger partial charge in [0.1, 0.15) is 19.8 Å². The zero-order chi connectivity index (χ0) is 34.4. The first-order valence-electron chi connectivity index (χ1n) is 17.3. The van der Waals surface area contributed by atoms with E-state index >= 15 is 0 Å². The molecule has 46 heavy (non-hydrogen) atoms. The maximum absolute atomic E-state index is 12.5. The largest absolute Gasteiger partial charge is 0.756 e. The molecule has 0 aliphatic heterocycles. The number of phosphoric ester groups is 1. The maximum atomic E-state index is 12.5. The van der Waals surface area contributed by atoms with Crippen molar-refractivity contribution in [3.63, 3.8) is 0 Å². The van der Waals surface area contributed by atoms with Gasteiger partial charge in [-0.25, -0.2) is 0 Å². The molecule has 0 spiro atoms. The lowest BCUT2D eigenvalue weighted by Crippen LogP contribution is -2.37. The molecule has 0 amide bonds. The molecule has 0 heterocycles. The predicted molar refractivity (Wildman–Crippen MR) is 185 cm³/mol. The number of esters is 2. The van der Waals surface area contributed by atoms with Crippen LogP contribution < -0.4 is 4.89 Å². The van der Waals surface area contributed by atoms with E-state index in [1.165, 1.54) is 25.7 Å². The van der Waals surface area contributed by atoms with Crippen molar-refractivity contribution in [2.24, 2.45) is 0 Å². The summed E-state index contributed by atoms with van der Waals surface area (Å²) in [4.78, 5) is 37.2. The number of likely N-dealkylation sites (N-methyl/N-ethyl adjacent to an activating group) is 1. The molecule has 0 saturated heterocycles.